The first-order valence-corrected chi connectivity index (χ1v) is 7.71. The highest BCUT2D eigenvalue weighted by atomic mass is 16.6. The van der Waals surface area contributed by atoms with Crippen LogP contribution in [0.4, 0.5) is 10.6 Å². The molecule has 0 bridgehead atoms. The molecule has 0 unspecified atom stereocenters. The van der Waals surface area contributed by atoms with Crippen molar-refractivity contribution >= 4 is 11.9 Å². The molecule has 0 saturated carbocycles. The van der Waals surface area contributed by atoms with Gasteiger partial charge in [-0.15, -0.1) is 0 Å². The summed E-state index contributed by atoms with van der Waals surface area (Å²) in [5, 5.41) is 0. The van der Waals surface area contributed by atoms with Crippen molar-refractivity contribution < 1.29 is 9.53 Å². The third-order valence-corrected chi connectivity index (χ3v) is 3.60. The number of hydrogen-bond donors (Lipinski definition) is 0. The molecule has 0 N–H and O–H groups in total. The average Bonchev–Trinajstić information content (AvgIpc) is 2.85. The molecule has 1 aliphatic rings. The van der Waals surface area contributed by atoms with Crippen molar-refractivity contribution in [1.82, 2.24) is 14.9 Å². The van der Waals surface area contributed by atoms with Crippen molar-refractivity contribution in [3.8, 4) is 0 Å². The van der Waals surface area contributed by atoms with Crippen LogP contribution in [-0.2, 0) is 11.2 Å². The third kappa shape index (κ3) is 4.58. The molecule has 6 heteroatoms. The fourth-order valence-corrected chi connectivity index (χ4v) is 2.53. The van der Waals surface area contributed by atoms with Crippen molar-refractivity contribution in [2.24, 2.45) is 5.92 Å². The number of anilines is 1. The maximum Gasteiger partial charge on any atom is 0.410 e. The molecule has 122 valence electrons. The number of likely N-dealkylation sites (tertiary alicyclic amines) is 1. The monoisotopic (exact) mass is 306 g/mol. The van der Waals surface area contributed by atoms with Crippen LogP contribution in [-0.4, -0.2) is 53.7 Å². The quantitative estimate of drug-likeness (QED) is 0.858. The number of carbonyl (C=O) groups is 1. The summed E-state index contributed by atoms with van der Waals surface area (Å²) in [6.45, 7) is 7.16. The van der Waals surface area contributed by atoms with Crippen LogP contribution in [0.2, 0.25) is 0 Å². The van der Waals surface area contributed by atoms with Gasteiger partial charge < -0.3 is 14.5 Å². The SMILES string of the molecule is CN(C)c1cc(C[C@@H]2CCN(C(=O)OC(C)(C)C)C2)ncn1. The van der Waals surface area contributed by atoms with Crippen molar-refractivity contribution in [2.45, 2.75) is 39.2 Å². The molecular formula is C16H26N4O2. The van der Waals surface area contributed by atoms with Gasteiger partial charge in [-0.05, 0) is 39.5 Å². The second-order valence-electron chi connectivity index (χ2n) is 7.05. The fourth-order valence-electron chi connectivity index (χ4n) is 2.53. The Balaban J connectivity index is 1.91. The largest absolute Gasteiger partial charge is 0.444 e. The zero-order valence-electron chi connectivity index (χ0n) is 14.2. The minimum Gasteiger partial charge on any atom is -0.444 e. The molecular weight excluding hydrogens is 280 g/mol. The molecule has 2 rings (SSSR count). The number of rotatable bonds is 3. The number of amides is 1. The lowest BCUT2D eigenvalue weighted by Gasteiger charge is -2.24. The van der Waals surface area contributed by atoms with Gasteiger partial charge in [0.2, 0.25) is 0 Å². The van der Waals surface area contributed by atoms with Gasteiger partial charge in [0.15, 0.2) is 0 Å². The summed E-state index contributed by atoms with van der Waals surface area (Å²) in [5.74, 6) is 1.34. The Bertz CT molecular complexity index is 525. The Hall–Kier alpha value is -1.85. The highest BCUT2D eigenvalue weighted by molar-refractivity contribution is 5.68. The Morgan fingerprint density at radius 1 is 1.41 bits per heavy atom. The smallest absolute Gasteiger partial charge is 0.410 e. The molecule has 1 saturated heterocycles. The lowest BCUT2D eigenvalue weighted by atomic mass is 10.0. The van der Waals surface area contributed by atoms with E-state index in [-0.39, 0.29) is 6.09 Å². The van der Waals surface area contributed by atoms with Crippen molar-refractivity contribution in [2.75, 3.05) is 32.1 Å². The molecule has 1 aliphatic heterocycles. The Labute approximate surface area is 132 Å². The molecule has 6 nitrogen and oxygen atoms in total. The van der Waals surface area contributed by atoms with Crippen LogP contribution < -0.4 is 4.90 Å². The third-order valence-electron chi connectivity index (χ3n) is 3.60. The van der Waals surface area contributed by atoms with Gasteiger partial charge >= 0.3 is 6.09 Å². The molecule has 0 radical (unpaired) electrons. The van der Waals surface area contributed by atoms with E-state index in [0.29, 0.717) is 5.92 Å². The molecule has 0 spiro atoms. The zero-order chi connectivity index (χ0) is 16.3. The molecule has 1 fully saturated rings. The van der Waals surface area contributed by atoms with Gasteiger partial charge in [-0.25, -0.2) is 14.8 Å². The molecule has 22 heavy (non-hydrogen) atoms. The topological polar surface area (TPSA) is 58.6 Å². The zero-order valence-corrected chi connectivity index (χ0v) is 14.2. The van der Waals surface area contributed by atoms with Gasteiger partial charge in [0.05, 0.1) is 0 Å². The maximum atomic E-state index is 12.1. The summed E-state index contributed by atoms with van der Waals surface area (Å²) in [6, 6.07) is 2.01. The number of hydrogen-bond acceptors (Lipinski definition) is 5. The molecule has 1 aromatic rings. The molecule has 2 heterocycles. The van der Waals surface area contributed by atoms with E-state index in [9.17, 15) is 4.79 Å². The van der Waals surface area contributed by atoms with E-state index in [1.807, 2.05) is 45.8 Å². The molecule has 0 aromatic carbocycles. The summed E-state index contributed by atoms with van der Waals surface area (Å²) >= 11 is 0. The van der Waals surface area contributed by atoms with Crippen LogP contribution in [0.3, 0.4) is 0 Å². The minimum absolute atomic E-state index is 0.216. The lowest BCUT2D eigenvalue weighted by molar-refractivity contribution is 0.0288. The van der Waals surface area contributed by atoms with E-state index < -0.39 is 5.60 Å². The van der Waals surface area contributed by atoms with E-state index in [1.165, 1.54) is 0 Å². The number of carbonyl (C=O) groups excluding carboxylic acids is 1. The highest BCUT2D eigenvalue weighted by Crippen LogP contribution is 2.23. The first-order chi connectivity index (χ1) is 10.2. The van der Waals surface area contributed by atoms with Crippen LogP contribution in [0.5, 0.6) is 0 Å². The Morgan fingerprint density at radius 2 is 2.14 bits per heavy atom. The highest BCUT2D eigenvalue weighted by Gasteiger charge is 2.30. The first-order valence-electron chi connectivity index (χ1n) is 7.71. The second-order valence-corrected chi connectivity index (χ2v) is 7.05. The lowest BCUT2D eigenvalue weighted by Crippen LogP contribution is -2.35. The normalized spacial score (nSPS) is 18.4. The van der Waals surface area contributed by atoms with Gasteiger partial charge in [0.1, 0.15) is 17.7 Å². The van der Waals surface area contributed by atoms with Gasteiger partial charge in [-0.2, -0.15) is 0 Å². The van der Waals surface area contributed by atoms with Crippen LogP contribution in [0, 0.1) is 5.92 Å². The summed E-state index contributed by atoms with van der Waals surface area (Å²) < 4.78 is 5.43. The van der Waals surface area contributed by atoms with E-state index in [0.717, 1.165) is 37.4 Å². The number of nitrogens with zero attached hydrogens (tertiary/aromatic N) is 4. The summed E-state index contributed by atoms with van der Waals surface area (Å²) in [7, 11) is 3.93. The predicted octanol–water partition coefficient (Wildman–Crippen LogP) is 2.34. The maximum absolute atomic E-state index is 12.1. The van der Waals surface area contributed by atoms with Gasteiger partial charge in [0, 0.05) is 38.9 Å². The summed E-state index contributed by atoms with van der Waals surface area (Å²) in [4.78, 5) is 24.4. The summed E-state index contributed by atoms with van der Waals surface area (Å²) in [5.41, 5.74) is 0.581. The van der Waals surface area contributed by atoms with Crippen LogP contribution in [0.15, 0.2) is 12.4 Å². The number of ether oxygens (including phenoxy) is 1. The summed E-state index contributed by atoms with van der Waals surface area (Å²) in [6.07, 6.45) is 3.24. The standard InChI is InChI=1S/C16H26N4O2/c1-16(2,3)22-15(21)20-7-6-12(10-20)8-13-9-14(19(4)5)18-11-17-13/h9,11-12H,6-8,10H2,1-5H3/t12-/m0/s1. The minimum atomic E-state index is -0.442. The number of aromatic nitrogens is 2. The van der Waals surface area contributed by atoms with Crippen molar-refractivity contribution in [3.63, 3.8) is 0 Å². The predicted molar refractivity (Wildman–Crippen MR) is 86.0 cm³/mol. The van der Waals surface area contributed by atoms with E-state index >= 15 is 0 Å². The Kier molecular flexibility index (Phi) is 4.88. The second kappa shape index (κ2) is 6.50. The fraction of sp³-hybridized carbons (Fsp3) is 0.688. The molecule has 0 aliphatic carbocycles. The van der Waals surface area contributed by atoms with Crippen LogP contribution in [0.1, 0.15) is 32.9 Å². The van der Waals surface area contributed by atoms with Crippen LogP contribution >= 0.6 is 0 Å². The van der Waals surface area contributed by atoms with E-state index in [1.54, 1.807) is 11.2 Å². The van der Waals surface area contributed by atoms with Gasteiger partial charge in [0.25, 0.3) is 0 Å². The average molecular weight is 306 g/mol. The van der Waals surface area contributed by atoms with Gasteiger partial charge in [-0.1, -0.05) is 0 Å². The Morgan fingerprint density at radius 3 is 2.77 bits per heavy atom. The molecule has 1 aromatic heterocycles. The molecule has 1 atom stereocenters. The van der Waals surface area contributed by atoms with Crippen molar-refractivity contribution in [3.05, 3.63) is 18.1 Å². The van der Waals surface area contributed by atoms with E-state index in [2.05, 4.69) is 9.97 Å². The van der Waals surface area contributed by atoms with Crippen LogP contribution in [0.25, 0.3) is 0 Å². The van der Waals surface area contributed by atoms with E-state index in [4.69, 9.17) is 4.74 Å². The molecule has 1 amide bonds. The van der Waals surface area contributed by atoms with Crippen molar-refractivity contribution in [1.29, 1.82) is 0 Å². The van der Waals surface area contributed by atoms with Gasteiger partial charge in [-0.3, -0.25) is 0 Å². The first kappa shape index (κ1) is 16.5.